The van der Waals surface area contributed by atoms with Crippen LogP contribution in [-0.2, 0) is 0 Å². The predicted octanol–water partition coefficient (Wildman–Crippen LogP) is 5.04. The van der Waals surface area contributed by atoms with Crippen molar-refractivity contribution < 1.29 is 8.78 Å². The molecule has 0 aliphatic carbocycles. The van der Waals surface area contributed by atoms with Crippen molar-refractivity contribution in [3.8, 4) is 5.69 Å². The van der Waals surface area contributed by atoms with Gasteiger partial charge in [0.05, 0.1) is 21.2 Å². The molecule has 1 aromatic heterocycles. The SMILES string of the molecule is Cc1ccc(F)cc1-n1c(=S)[nH]c2cc(Br)c(F)cc21. The number of H-pyrrole nitrogens is 1. The number of aryl methyl sites for hydroxylation is 1. The standard InChI is InChI=1S/C14H9BrF2N2S/c1-7-2-3-8(16)4-12(7)19-13-6-10(17)9(15)5-11(13)18-14(19)20/h2-6H,1H3,(H,18,20). The third-order valence-corrected chi connectivity index (χ3v) is 4.03. The Morgan fingerprint density at radius 3 is 2.70 bits per heavy atom. The van der Waals surface area contributed by atoms with E-state index in [1.807, 2.05) is 6.92 Å². The lowest BCUT2D eigenvalue weighted by Crippen LogP contribution is -1.98. The summed E-state index contributed by atoms with van der Waals surface area (Å²) >= 11 is 8.41. The number of halogens is 3. The molecule has 6 heteroatoms. The van der Waals surface area contributed by atoms with Crippen LogP contribution in [0.25, 0.3) is 16.7 Å². The van der Waals surface area contributed by atoms with Crippen molar-refractivity contribution in [3.05, 3.63) is 56.8 Å². The second-order valence-corrected chi connectivity index (χ2v) is 5.72. The van der Waals surface area contributed by atoms with Crippen LogP contribution in [0.15, 0.2) is 34.8 Å². The van der Waals surface area contributed by atoms with Crippen LogP contribution in [-0.4, -0.2) is 9.55 Å². The van der Waals surface area contributed by atoms with Gasteiger partial charge in [0.2, 0.25) is 0 Å². The van der Waals surface area contributed by atoms with Gasteiger partial charge in [-0.05, 0) is 58.8 Å². The van der Waals surface area contributed by atoms with Gasteiger partial charge in [-0.25, -0.2) is 8.78 Å². The highest BCUT2D eigenvalue weighted by atomic mass is 79.9. The van der Waals surface area contributed by atoms with Crippen molar-refractivity contribution in [1.29, 1.82) is 0 Å². The van der Waals surface area contributed by atoms with E-state index < -0.39 is 5.82 Å². The average molecular weight is 355 g/mol. The van der Waals surface area contributed by atoms with E-state index in [1.165, 1.54) is 18.2 Å². The van der Waals surface area contributed by atoms with Crippen molar-refractivity contribution >= 4 is 39.2 Å². The molecule has 0 unspecified atom stereocenters. The summed E-state index contributed by atoms with van der Waals surface area (Å²) in [6.07, 6.45) is 0. The molecule has 3 aromatic rings. The number of imidazole rings is 1. The topological polar surface area (TPSA) is 20.7 Å². The Balaban J connectivity index is 2.42. The van der Waals surface area contributed by atoms with Crippen molar-refractivity contribution in [1.82, 2.24) is 9.55 Å². The maximum Gasteiger partial charge on any atom is 0.182 e. The van der Waals surface area contributed by atoms with Crippen LogP contribution in [0.2, 0.25) is 0 Å². The molecule has 0 amide bonds. The van der Waals surface area contributed by atoms with Crippen LogP contribution in [0, 0.1) is 23.3 Å². The lowest BCUT2D eigenvalue weighted by atomic mass is 10.2. The van der Waals surface area contributed by atoms with Crippen LogP contribution in [0.5, 0.6) is 0 Å². The fourth-order valence-corrected chi connectivity index (χ4v) is 2.81. The summed E-state index contributed by atoms with van der Waals surface area (Å²) in [4.78, 5) is 3.00. The molecule has 20 heavy (non-hydrogen) atoms. The van der Waals surface area contributed by atoms with E-state index in [0.717, 1.165) is 5.56 Å². The Morgan fingerprint density at radius 2 is 1.95 bits per heavy atom. The van der Waals surface area contributed by atoms with E-state index in [1.54, 1.807) is 16.7 Å². The number of aromatic amines is 1. The summed E-state index contributed by atoms with van der Waals surface area (Å²) in [5.74, 6) is -0.756. The van der Waals surface area contributed by atoms with Crippen LogP contribution in [0.4, 0.5) is 8.78 Å². The van der Waals surface area contributed by atoms with Crippen LogP contribution >= 0.6 is 28.1 Å². The molecule has 2 aromatic carbocycles. The first-order valence-corrected chi connectivity index (χ1v) is 7.04. The molecule has 3 rings (SSSR count). The zero-order chi connectivity index (χ0) is 14.4. The molecule has 0 aliphatic heterocycles. The van der Waals surface area contributed by atoms with Crippen LogP contribution in [0.3, 0.4) is 0 Å². The minimum atomic E-state index is -0.394. The fraction of sp³-hybridized carbons (Fsp3) is 0.0714. The number of aromatic nitrogens is 2. The van der Waals surface area contributed by atoms with Crippen LogP contribution < -0.4 is 0 Å². The number of rotatable bonds is 1. The largest absolute Gasteiger partial charge is 0.330 e. The molecule has 0 radical (unpaired) electrons. The number of hydrogen-bond donors (Lipinski definition) is 1. The Hall–Kier alpha value is -1.53. The number of hydrogen-bond acceptors (Lipinski definition) is 1. The quantitative estimate of drug-likeness (QED) is 0.607. The number of nitrogens with zero attached hydrogens (tertiary/aromatic N) is 1. The van der Waals surface area contributed by atoms with E-state index in [4.69, 9.17) is 12.2 Å². The van der Waals surface area contributed by atoms with Crippen LogP contribution in [0.1, 0.15) is 5.56 Å². The van der Waals surface area contributed by atoms with Gasteiger partial charge in [0.25, 0.3) is 0 Å². The first-order valence-electron chi connectivity index (χ1n) is 5.83. The highest BCUT2D eigenvalue weighted by Crippen LogP contribution is 2.27. The van der Waals surface area contributed by atoms with Crippen molar-refractivity contribution in [2.24, 2.45) is 0 Å². The second-order valence-electron chi connectivity index (χ2n) is 4.48. The first kappa shape index (κ1) is 13.5. The molecule has 0 saturated carbocycles. The monoisotopic (exact) mass is 354 g/mol. The summed E-state index contributed by atoms with van der Waals surface area (Å²) in [6, 6.07) is 7.43. The summed E-state index contributed by atoms with van der Waals surface area (Å²) in [7, 11) is 0. The molecule has 0 saturated heterocycles. The number of fused-ring (bicyclic) bond motifs is 1. The van der Waals surface area contributed by atoms with Gasteiger partial charge < -0.3 is 4.98 Å². The van der Waals surface area contributed by atoms with Gasteiger partial charge in [-0.1, -0.05) is 6.07 Å². The maximum absolute atomic E-state index is 13.8. The molecule has 0 atom stereocenters. The molecular weight excluding hydrogens is 346 g/mol. The van der Waals surface area contributed by atoms with E-state index in [-0.39, 0.29) is 5.82 Å². The van der Waals surface area contributed by atoms with Gasteiger partial charge in [0, 0.05) is 6.07 Å². The number of nitrogens with one attached hydrogen (secondary N) is 1. The summed E-state index contributed by atoms with van der Waals surface area (Å²) < 4.78 is 29.6. The Labute approximate surface area is 127 Å². The molecule has 0 bridgehead atoms. The normalized spacial score (nSPS) is 11.2. The number of benzene rings is 2. The molecule has 0 aliphatic rings. The van der Waals surface area contributed by atoms with Gasteiger partial charge in [0.15, 0.2) is 4.77 Å². The highest BCUT2D eigenvalue weighted by Gasteiger charge is 2.12. The Bertz CT molecular complexity index is 883. The lowest BCUT2D eigenvalue weighted by molar-refractivity contribution is 0.622. The Morgan fingerprint density at radius 1 is 1.20 bits per heavy atom. The predicted molar refractivity (Wildman–Crippen MR) is 80.8 cm³/mol. The van der Waals surface area contributed by atoms with Crippen molar-refractivity contribution in [2.75, 3.05) is 0 Å². The van der Waals surface area contributed by atoms with E-state index in [9.17, 15) is 8.78 Å². The average Bonchev–Trinajstić information content (AvgIpc) is 2.69. The molecule has 0 fully saturated rings. The summed E-state index contributed by atoms with van der Waals surface area (Å²) in [5, 5.41) is 0. The minimum Gasteiger partial charge on any atom is -0.330 e. The lowest BCUT2D eigenvalue weighted by Gasteiger charge is -2.08. The van der Waals surface area contributed by atoms with Gasteiger partial charge in [-0.15, -0.1) is 0 Å². The van der Waals surface area contributed by atoms with E-state index in [0.29, 0.717) is 26.0 Å². The maximum atomic E-state index is 13.8. The highest BCUT2D eigenvalue weighted by molar-refractivity contribution is 9.10. The second kappa shape index (κ2) is 4.79. The molecule has 1 heterocycles. The molecule has 2 nitrogen and oxygen atoms in total. The van der Waals surface area contributed by atoms with Crippen molar-refractivity contribution in [3.63, 3.8) is 0 Å². The molecule has 1 N–H and O–H groups in total. The molecular formula is C14H9BrF2N2S. The van der Waals surface area contributed by atoms with Gasteiger partial charge >= 0.3 is 0 Å². The minimum absolute atomic E-state index is 0.351. The van der Waals surface area contributed by atoms with E-state index >= 15 is 0 Å². The fourth-order valence-electron chi connectivity index (χ4n) is 2.16. The summed E-state index contributed by atoms with van der Waals surface area (Å²) in [5.41, 5.74) is 2.71. The third-order valence-electron chi connectivity index (χ3n) is 3.14. The molecule has 102 valence electrons. The van der Waals surface area contributed by atoms with Gasteiger partial charge in [-0.3, -0.25) is 4.57 Å². The van der Waals surface area contributed by atoms with Gasteiger partial charge in [0.1, 0.15) is 11.6 Å². The van der Waals surface area contributed by atoms with Crippen molar-refractivity contribution in [2.45, 2.75) is 6.92 Å². The van der Waals surface area contributed by atoms with E-state index in [2.05, 4.69) is 20.9 Å². The smallest absolute Gasteiger partial charge is 0.182 e. The summed E-state index contributed by atoms with van der Waals surface area (Å²) in [6.45, 7) is 1.85. The van der Waals surface area contributed by atoms with Gasteiger partial charge in [-0.2, -0.15) is 0 Å². The molecule has 0 spiro atoms. The third kappa shape index (κ3) is 2.09. The zero-order valence-corrected chi connectivity index (χ0v) is 12.8. The zero-order valence-electron chi connectivity index (χ0n) is 10.4. The first-order chi connectivity index (χ1) is 9.47. The Kier molecular flexibility index (Phi) is 3.22.